The lowest BCUT2D eigenvalue weighted by Crippen LogP contribution is -2.46. The van der Waals surface area contributed by atoms with E-state index in [1.54, 1.807) is 0 Å². The number of carbonyl (C=O) groups excluding carboxylic acids is 1. The van der Waals surface area contributed by atoms with Gasteiger partial charge in [0.25, 0.3) is 0 Å². The Balaban J connectivity index is 2.41. The van der Waals surface area contributed by atoms with E-state index < -0.39 is 0 Å². The van der Waals surface area contributed by atoms with Gasteiger partial charge in [-0.3, -0.25) is 9.69 Å². The van der Waals surface area contributed by atoms with Gasteiger partial charge in [-0.1, -0.05) is 27.7 Å². The fourth-order valence-electron chi connectivity index (χ4n) is 3.08. The second-order valence-corrected chi connectivity index (χ2v) is 7.60. The molecule has 0 aromatic carbocycles. The fourth-order valence-corrected chi connectivity index (χ4v) is 3.08. The number of hydrogen-bond donors (Lipinski definition) is 2. The van der Waals surface area contributed by atoms with Gasteiger partial charge in [-0.25, -0.2) is 0 Å². The second-order valence-electron chi connectivity index (χ2n) is 7.60. The first-order chi connectivity index (χ1) is 9.86. The van der Waals surface area contributed by atoms with E-state index in [4.69, 9.17) is 5.73 Å². The van der Waals surface area contributed by atoms with Gasteiger partial charge in [-0.05, 0) is 56.5 Å². The van der Waals surface area contributed by atoms with Crippen molar-refractivity contribution < 1.29 is 4.79 Å². The second kappa shape index (κ2) is 8.74. The molecule has 0 aromatic heterocycles. The minimum atomic E-state index is 0.0652. The number of nitrogens with one attached hydrogen (secondary N) is 1. The van der Waals surface area contributed by atoms with Crippen molar-refractivity contribution in [1.29, 1.82) is 0 Å². The number of carbonyl (C=O) groups is 1. The summed E-state index contributed by atoms with van der Waals surface area (Å²) in [6, 6.07) is 0.389. The van der Waals surface area contributed by atoms with Crippen molar-refractivity contribution in [2.24, 2.45) is 17.1 Å². The Hall–Kier alpha value is -0.610. The molecular weight excluding hydrogens is 262 g/mol. The van der Waals surface area contributed by atoms with Crippen LogP contribution in [-0.2, 0) is 4.79 Å². The summed E-state index contributed by atoms with van der Waals surface area (Å²) in [7, 11) is 0. The first-order valence-corrected chi connectivity index (χ1v) is 8.58. The molecular formula is C17H35N3O. The Morgan fingerprint density at radius 2 is 1.90 bits per heavy atom. The Morgan fingerprint density at radius 3 is 2.43 bits per heavy atom. The van der Waals surface area contributed by atoms with Crippen LogP contribution in [0.1, 0.15) is 59.8 Å². The highest BCUT2D eigenvalue weighted by Gasteiger charge is 2.23. The number of nitrogens with zero attached hydrogens (tertiary/aromatic N) is 1. The molecule has 1 aliphatic carbocycles. The third-order valence-corrected chi connectivity index (χ3v) is 4.49. The molecule has 1 fully saturated rings. The van der Waals surface area contributed by atoms with Crippen LogP contribution in [0, 0.1) is 11.3 Å². The van der Waals surface area contributed by atoms with E-state index in [1.807, 2.05) is 0 Å². The molecule has 0 radical (unpaired) electrons. The molecule has 4 heteroatoms. The quantitative estimate of drug-likeness (QED) is 0.723. The van der Waals surface area contributed by atoms with Crippen LogP contribution in [0.3, 0.4) is 0 Å². The van der Waals surface area contributed by atoms with Gasteiger partial charge in [-0.2, -0.15) is 0 Å². The molecule has 4 nitrogen and oxygen atoms in total. The van der Waals surface area contributed by atoms with Gasteiger partial charge in [0.05, 0.1) is 6.54 Å². The first kappa shape index (κ1) is 18.4. The zero-order chi connectivity index (χ0) is 15.9. The molecule has 1 aliphatic rings. The van der Waals surface area contributed by atoms with Crippen LogP contribution >= 0.6 is 0 Å². The van der Waals surface area contributed by atoms with Crippen molar-refractivity contribution in [2.75, 3.05) is 26.2 Å². The summed E-state index contributed by atoms with van der Waals surface area (Å²) in [6.07, 6.45) is 5.81. The van der Waals surface area contributed by atoms with Gasteiger partial charge in [-0.15, -0.1) is 0 Å². The van der Waals surface area contributed by atoms with Crippen molar-refractivity contribution >= 4 is 5.91 Å². The maximum absolute atomic E-state index is 12.3. The van der Waals surface area contributed by atoms with Crippen molar-refractivity contribution in [1.82, 2.24) is 10.2 Å². The number of amides is 1. The largest absolute Gasteiger partial charge is 0.352 e. The van der Waals surface area contributed by atoms with Crippen LogP contribution in [0.5, 0.6) is 0 Å². The topological polar surface area (TPSA) is 58.4 Å². The molecule has 1 saturated carbocycles. The Bertz CT molecular complexity index is 309. The van der Waals surface area contributed by atoms with Crippen LogP contribution in [0.2, 0.25) is 0 Å². The minimum Gasteiger partial charge on any atom is -0.352 e. The van der Waals surface area contributed by atoms with E-state index in [0.29, 0.717) is 19.1 Å². The molecule has 0 aliphatic heterocycles. The summed E-state index contributed by atoms with van der Waals surface area (Å²) >= 11 is 0. The highest BCUT2D eigenvalue weighted by molar-refractivity contribution is 5.78. The van der Waals surface area contributed by atoms with E-state index >= 15 is 0 Å². The number of nitrogens with two attached hydrogens (primary N) is 1. The van der Waals surface area contributed by atoms with Crippen LogP contribution in [-0.4, -0.2) is 43.0 Å². The van der Waals surface area contributed by atoms with Gasteiger partial charge in [0.1, 0.15) is 0 Å². The van der Waals surface area contributed by atoms with Crippen molar-refractivity contribution in [3.8, 4) is 0 Å². The summed E-state index contributed by atoms with van der Waals surface area (Å²) < 4.78 is 0. The zero-order valence-electron chi connectivity index (χ0n) is 14.5. The van der Waals surface area contributed by atoms with Crippen molar-refractivity contribution in [2.45, 2.75) is 65.8 Å². The maximum atomic E-state index is 12.3. The van der Waals surface area contributed by atoms with Crippen LogP contribution in [0.4, 0.5) is 0 Å². The number of hydrogen-bond acceptors (Lipinski definition) is 3. The molecule has 0 saturated heterocycles. The Labute approximate surface area is 130 Å². The third-order valence-electron chi connectivity index (χ3n) is 4.49. The number of rotatable bonds is 8. The molecule has 0 atom stereocenters. The zero-order valence-corrected chi connectivity index (χ0v) is 14.5. The molecule has 3 N–H and O–H groups in total. The van der Waals surface area contributed by atoms with Crippen molar-refractivity contribution in [3.63, 3.8) is 0 Å². The highest BCUT2D eigenvalue weighted by Crippen LogP contribution is 2.23. The van der Waals surface area contributed by atoms with Crippen LogP contribution in [0.25, 0.3) is 0 Å². The van der Waals surface area contributed by atoms with E-state index in [-0.39, 0.29) is 11.3 Å². The Kier molecular flexibility index (Phi) is 7.67. The fraction of sp³-hybridized carbons (Fsp3) is 0.941. The SMILES string of the molecule is CCCN(CC(=O)NC1CCC(C)CC1)CC(C)(C)CN. The average molecular weight is 297 g/mol. The van der Waals surface area contributed by atoms with E-state index in [1.165, 1.54) is 12.8 Å². The summed E-state index contributed by atoms with van der Waals surface area (Å²) in [5.41, 5.74) is 5.88. The predicted octanol–water partition coefficient (Wildman–Crippen LogP) is 2.38. The van der Waals surface area contributed by atoms with Gasteiger partial charge >= 0.3 is 0 Å². The summed E-state index contributed by atoms with van der Waals surface area (Å²) in [5.74, 6) is 0.996. The first-order valence-electron chi connectivity index (χ1n) is 8.58. The van der Waals surface area contributed by atoms with E-state index in [2.05, 4.69) is 37.9 Å². The molecule has 0 heterocycles. The van der Waals surface area contributed by atoms with Crippen molar-refractivity contribution in [3.05, 3.63) is 0 Å². The maximum Gasteiger partial charge on any atom is 0.234 e. The smallest absolute Gasteiger partial charge is 0.234 e. The minimum absolute atomic E-state index is 0.0652. The van der Waals surface area contributed by atoms with Gasteiger partial charge in [0.2, 0.25) is 5.91 Å². The van der Waals surface area contributed by atoms with Gasteiger partial charge < -0.3 is 11.1 Å². The summed E-state index contributed by atoms with van der Waals surface area (Å²) in [6.45, 7) is 11.8. The van der Waals surface area contributed by atoms with E-state index in [0.717, 1.165) is 38.3 Å². The monoisotopic (exact) mass is 297 g/mol. The summed E-state index contributed by atoms with van der Waals surface area (Å²) in [5, 5.41) is 3.22. The molecule has 1 amide bonds. The lowest BCUT2D eigenvalue weighted by Gasteiger charge is -2.32. The third kappa shape index (κ3) is 7.28. The van der Waals surface area contributed by atoms with Crippen LogP contribution < -0.4 is 11.1 Å². The average Bonchev–Trinajstić information content (AvgIpc) is 2.41. The molecule has 0 bridgehead atoms. The molecule has 0 aromatic rings. The normalized spacial score (nSPS) is 23.3. The highest BCUT2D eigenvalue weighted by atomic mass is 16.2. The molecule has 0 spiro atoms. The van der Waals surface area contributed by atoms with Gasteiger partial charge in [0, 0.05) is 12.6 Å². The Morgan fingerprint density at radius 1 is 1.29 bits per heavy atom. The lowest BCUT2D eigenvalue weighted by molar-refractivity contribution is -0.123. The predicted molar refractivity (Wildman–Crippen MR) is 89.1 cm³/mol. The van der Waals surface area contributed by atoms with E-state index in [9.17, 15) is 4.79 Å². The van der Waals surface area contributed by atoms with Crippen LogP contribution in [0.15, 0.2) is 0 Å². The molecule has 1 rings (SSSR count). The lowest BCUT2D eigenvalue weighted by atomic mass is 9.87. The standard InChI is InChI=1S/C17H35N3O/c1-5-10-20(13-17(3,4)12-18)11-16(21)19-15-8-6-14(2)7-9-15/h14-15H,5-13,18H2,1-4H3,(H,19,21). The molecule has 21 heavy (non-hydrogen) atoms. The molecule has 0 unspecified atom stereocenters. The molecule has 124 valence electrons. The summed E-state index contributed by atoms with van der Waals surface area (Å²) in [4.78, 5) is 14.5. The van der Waals surface area contributed by atoms with Gasteiger partial charge in [0.15, 0.2) is 0 Å².